The molecular formula is C13H17Cl2N3O. The lowest BCUT2D eigenvalue weighted by Gasteiger charge is -2.38. The van der Waals surface area contributed by atoms with Crippen LogP contribution in [-0.4, -0.2) is 36.6 Å². The summed E-state index contributed by atoms with van der Waals surface area (Å²) in [5, 5.41) is 6.95. The van der Waals surface area contributed by atoms with Gasteiger partial charge in [0.05, 0.1) is 16.1 Å². The Morgan fingerprint density at radius 3 is 2.68 bits per heavy atom. The summed E-state index contributed by atoms with van der Waals surface area (Å²) in [5.41, 5.74) is 0.660. The Morgan fingerprint density at radius 1 is 1.42 bits per heavy atom. The van der Waals surface area contributed by atoms with E-state index in [0.29, 0.717) is 15.7 Å². The first-order chi connectivity index (χ1) is 9.11. The monoisotopic (exact) mass is 301 g/mol. The highest BCUT2D eigenvalue weighted by Crippen LogP contribution is 2.25. The number of anilines is 1. The summed E-state index contributed by atoms with van der Waals surface area (Å²) in [6, 6.07) is 5.27. The molecule has 1 aliphatic rings. The SMILES string of the molecule is CCCN(C(=O)Nc1ccc(Cl)c(Cl)c1)C1CNC1. The average molecular weight is 302 g/mol. The molecular weight excluding hydrogens is 285 g/mol. The third-order valence-electron chi connectivity index (χ3n) is 3.10. The highest BCUT2D eigenvalue weighted by Gasteiger charge is 2.27. The van der Waals surface area contributed by atoms with E-state index in [2.05, 4.69) is 17.6 Å². The van der Waals surface area contributed by atoms with Gasteiger partial charge < -0.3 is 15.5 Å². The molecule has 0 unspecified atom stereocenters. The largest absolute Gasteiger partial charge is 0.322 e. The van der Waals surface area contributed by atoms with E-state index in [0.717, 1.165) is 26.1 Å². The van der Waals surface area contributed by atoms with E-state index < -0.39 is 0 Å². The Balaban J connectivity index is 2.03. The van der Waals surface area contributed by atoms with Gasteiger partial charge in [0.15, 0.2) is 0 Å². The van der Waals surface area contributed by atoms with Crippen molar-refractivity contribution in [3.8, 4) is 0 Å². The van der Waals surface area contributed by atoms with Crippen molar-refractivity contribution in [3.63, 3.8) is 0 Å². The Bertz CT molecular complexity index is 463. The summed E-state index contributed by atoms with van der Waals surface area (Å²) in [7, 11) is 0. The second-order valence-corrected chi connectivity index (χ2v) is 5.38. The average Bonchev–Trinajstić information content (AvgIpc) is 2.31. The predicted molar refractivity (Wildman–Crippen MR) is 79.1 cm³/mol. The summed E-state index contributed by atoms with van der Waals surface area (Å²) in [5.74, 6) is 0. The number of amides is 2. The quantitative estimate of drug-likeness (QED) is 0.897. The van der Waals surface area contributed by atoms with Crippen molar-refractivity contribution in [3.05, 3.63) is 28.2 Å². The molecule has 0 spiro atoms. The topological polar surface area (TPSA) is 44.4 Å². The molecule has 19 heavy (non-hydrogen) atoms. The van der Waals surface area contributed by atoms with Gasteiger partial charge in [-0.1, -0.05) is 30.1 Å². The van der Waals surface area contributed by atoms with Gasteiger partial charge in [0, 0.05) is 25.3 Å². The van der Waals surface area contributed by atoms with Gasteiger partial charge in [-0.05, 0) is 24.6 Å². The van der Waals surface area contributed by atoms with Crippen molar-refractivity contribution in [1.29, 1.82) is 0 Å². The number of hydrogen-bond donors (Lipinski definition) is 2. The molecule has 0 radical (unpaired) electrons. The maximum absolute atomic E-state index is 12.2. The van der Waals surface area contributed by atoms with Crippen LogP contribution >= 0.6 is 23.2 Å². The molecule has 104 valence electrons. The van der Waals surface area contributed by atoms with E-state index in [1.165, 1.54) is 0 Å². The fraction of sp³-hybridized carbons (Fsp3) is 0.462. The molecule has 1 fully saturated rings. The molecule has 1 heterocycles. The zero-order valence-electron chi connectivity index (χ0n) is 10.7. The third kappa shape index (κ3) is 3.53. The lowest BCUT2D eigenvalue weighted by atomic mass is 10.1. The van der Waals surface area contributed by atoms with Crippen LogP contribution in [0.25, 0.3) is 0 Å². The first-order valence-corrected chi connectivity index (χ1v) is 7.10. The van der Waals surface area contributed by atoms with Crippen LogP contribution in [0, 0.1) is 0 Å². The molecule has 1 aliphatic heterocycles. The van der Waals surface area contributed by atoms with Crippen LogP contribution in [-0.2, 0) is 0 Å². The van der Waals surface area contributed by atoms with Gasteiger partial charge in [-0.2, -0.15) is 0 Å². The molecule has 0 aromatic heterocycles. The number of nitrogens with one attached hydrogen (secondary N) is 2. The van der Waals surface area contributed by atoms with Crippen LogP contribution in [0.2, 0.25) is 10.0 Å². The highest BCUT2D eigenvalue weighted by atomic mass is 35.5. The van der Waals surface area contributed by atoms with Crippen LogP contribution < -0.4 is 10.6 Å². The number of benzene rings is 1. The summed E-state index contributed by atoms with van der Waals surface area (Å²) >= 11 is 11.8. The smallest absolute Gasteiger partial charge is 0.319 e. The van der Waals surface area contributed by atoms with Gasteiger partial charge >= 0.3 is 6.03 Å². The zero-order chi connectivity index (χ0) is 13.8. The molecule has 4 nitrogen and oxygen atoms in total. The first-order valence-electron chi connectivity index (χ1n) is 6.35. The van der Waals surface area contributed by atoms with Gasteiger partial charge in [0.25, 0.3) is 0 Å². The van der Waals surface area contributed by atoms with Gasteiger partial charge in [0.1, 0.15) is 0 Å². The third-order valence-corrected chi connectivity index (χ3v) is 3.84. The summed E-state index contributed by atoms with van der Waals surface area (Å²) < 4.78 is 0. The number of carbonyl (C=O) groups is 1. The number of rotatable bonds is 4. The first kappa shape index (κ1) is 14.4. The molecule has 2 rings (SSSR count). The minimum atomic E-state index is -0.0910. The maximum Gasteiger partial charge on any atom is 0.322 e. The van der Waals surface area contributed by atoms with E-state index in [1.807, 2.05) is 4.90 Å². The standard InChI is InChI=1S/C13H17Cl2N3O/c1-2-5-18(10-7-16-8-10)13(19)17-9-3-4-11(14)12(15)6-9/h3-4,6,10,16H,2,5,7-8H2,1H3,(H,17,19). The van der Waals surface area contributed by atoms with Crippen LogP contribution in [0.3, 0.4) is 0 Å². The van der Waals surface area contributed by atoms with Crippen molar-refractivity contribution in [1.82, 2.24) is 10.2 Å². The van der Waals surface area contributed by atoms with Crippen LogP contribution in [0.15, 0.2) is 18.2 Å². The van der Waals surface area contributed by atoms with E-state index in [-0.39, 0.29) is 12.1 Å². The highest BCUT2D eigenvalue weighted by molar-refractivity contribution is 6.42. The fourth-order valence-corrected chi connectivity index (χ4v) is 2.25. The normalized spacial score (nSPS) is 14.9. The van der Waals surface area contributed by atoms with Crippen molar-refractivity contribution in [2.75, 3.05) is 25.0 Å². The van der Waals surface area contributed by atoms with Crippen molar-refractivity contribution in [2.24, 2.45) is 0 Å². The molecule has 1 aromatic rings. The number of nitrogens with zero attached hydrogens (tertiary/aromatic N) is 1. The van der Waals surface area contributed by atoms with E-state index >= 15 is 0 Å². The second-order valence-electron chi connectivity index (χ2n) is 4.56. The zero-order valence-corrected chi connectivity index (χ0v) is 12.3. The van der Waals surface area contributed by atoms with Gasteiger partial charge in [-0.25, -0.2) is 4.79 Å². The Morgan fingerprint density at radius 2 is 2.16 bits per heavy atom. The number of urea groups is 1. The van der Waals surface area contributed by atoms with Crippen LogP contribution in [0.5, 0.6) is 0 Å². The van der Waals surface area contributed by atoms with E-state index in [1.54, 1.807) is 18.2 Å². The lowest BCUT2D eigenvalue weighted by molar-refractivity contribution is 0.161. The summed E-state index contributed by atoms with van der Waals surface area (Å²) in [6.07, 6.45) is 0.936. The predicted octanol–water partition coefficient (Wildman–Crippen LogP) is 3.21. The molecule has 0 aliphatic carbocycles. The second kappa shape index (κ2) is 6.46. The van der Waals surface area contributed by atoms with Crippen molar-refractivity contribution >= 4 is 34.9 Å². The fourth-order valence-electron chi connectivity index (χ4n) is 1.95. The van der Waals surface area contributed by atoms with Crippen molar-refractivity contribution < 1.29 is 4.79 Å². The molecule has 1 saturated heterocycles. The minimum Gasteiger partial charge on any atom is -0.319 e. The van der Waals surface area contributed by atoms with E-state index in [4.69, 9.17) is 23.2 Å². The summed E-state index contributed by atoms with van der Waals surface area (Å²) in [6.45, 7) is 4.52. The minimum absolute atomic E-state index is 0.0910. The Hall–Kier alpha value is -0.970. The number of hydrogen-bond acceptors (Lipinski definition) is 2. The van der Waals surface area contributed by atoms with Crippen LogP contribution in [0.1, 0.15) is 13.3 Å². The summed E-state index contributed by atoms with van der Waals surface area (Å²) in [4.78, 5) is 14.1. The molecule has 0 atom stereocenters. The lowest BCUT2D eigenvalue weighted by Crippen LogP contribution is -2.59. The molecule has 0 bridgehead atoms. The Kier molecular flexibility index (Phi) is 4.91. The Labute approximate surface area is 123 Å². The van der Waals surface area contributed by atoms with Gasteiger partial charge in [-0.15, -0.1) is 0 Å². The van der Waals surface area contributed by atoms with Gasteiger partial charge in [0.2, 0.25) is 0 Å². The van der Waals surface area contributed by atoms with Crippen LogP contribution in [0.4, 0.5) is 10.5 Å². The maximum atomic E-state index is 12.2. The molecule has 2 amide bonds. The molecule has 1 aromatic carbocycles. The van der Waals surface area contributed by atoms with E-state index in [9.17, 15) is 4.79 Å². The van der Waals surface area contributed by atoms with Gasteiger partial charge in [-0.3, -0.25) is 0 Å². The number of halogens is 2. The van der Waals surface area contributed by atoms with Crippen molar-refractivity contribution in [2.45, 2.75) is 19.4 Å². The molecule has 6 heteroatoms. The molecule has 2 N–H and O–H groups in total. The molecule has 0 saturated carbocycles. The number of carbonyl (C=O) groups excluding carboxylic acids is 1.